The van der Waals surface area contributed by atoms with Crippen LogP contribution in [0.1, 0.15) is 20.8 Å². The summed E-state index contributed by atoms with van der Waals surface area (Å²) < 4.78 is 7.44. The Hall–Kier alpha value is -2.35. The quantitative estimate of drug-likeness (QED) is 0.837. The number of carbonyl (C=O) groups excluding carboxylic acids is 1. The van der Waals surface area contributed by atoms with Gasteiger partial charge in [-0.1, -0.05) is 0 Å². The van der Waals surface area contributed by atoms with E-state index >= 15 is 0 Å². The summed E-state index contributed by atoms with van der Waals surface area (Å²) >= 11 is 0.916. The lowest BCUT2D eigenvalue weighted by atomic mass is 10.2. The van der Waals surface area contributed by atoms with Crippen molar-refractivity contribution in [3.05, 3.63) is 35.9 Å². The number of carbonyl (C=O) groups is 2. The van der Waals surface area contributed by atoms with Crippen LogP contribution in [0.5, 0.6) is 0 Å². The molecule has 8 heteroatoms. The molecular formula is C9H6N4O3S. The van der Waals surface area contributed by atoms with Crippen molar-refractivity contribution in [2.75, 3.05) is 5.32 Å². The highest BCUT2D eigenvalue weighted by Crippen LogP contribution is 2.09. The van der Waals surface area contributed by atoms with E-state index in [2.05, 4.69) is 19.0 Å². The van der Waals surface area contributed by atoms with Crippen LogP contribution in [0.3, 0.4) is 0 Å². The van der Waals surface area contributed by atoms with Crippen LogP contribution in [0.25, 0.3) is 0 Å². The Morgan fingerprint density at radius 3 is 2.76 bits per heavy atom. The summed E-state index contributed by atoms with van der Waals surface area (Å²) in [6, 6.07) is 1.31. The number of amides is 1. The van der Waals surface area contributed by atoms with Gasteiger partial charge in [0.2, 0.25) is 0 Å². The number of hydrogen-bond acceptors (Lipinski definition) is 6. The molecule has 0 aliphatic heterocycles. The van der Waals surface area contributed by atoms with E-state index < -0.39 is 11.9 Å². The van der Waals surface area contributed by atoms with E-state index in [4.69, 9.17) is 5.11 Å². The maximum Gasteiger partial charge on any atom is 0.337 e. The predicted molar refractivity (Wildman–Crippen MR) is 59.1 cm³/mol. The first-order valence-electron chi connectivity index (χ1n) is 4.44. The van der Waals surface area contributed by atoms with Gasteiger partial charge in [-0.15, -0.1) is 0 Å². The van der Waals surface area contributed by atoms with Crippen LogP contribution in [-0.2, 0) is 0 Å². The van der Waals surface area contributed by atoms with E-state index in [1.54, 1.807) is 0 Å². The number of hydrogen-bond donors (Lipinski definition) is 2. The maximum atomic E-state index is 11.6. The second-order valence-electron chi connectivity index (χ2n) is 3.01. The second kappa shape index (κ2) is 4.66. The molecule has 0 aliphatic rings. The molecule has 2 aromatic heterocycles. The Labute approximate surface area is 99.5 Å². The van der Waals surface area contributed by atoms with Crippen LogP contribution in [-0.4, -0.2) is 30.7 Å². The molecule has 86 valence electrons. The van der Waals surface area contributed by atoms with Crippen LogP contribution in [0.2, 0.25) is 0 Å². The molecule has 0 atom stereocenters. The number of aromatic carboxylic acids is 1. The van der Waals surface area contributed by atoms with Crippen molar-refractivity contribution in [2.24, 2.45) is 0 Å². The number of rotatable bonds is 3. The molecule has 0 fully saturated rings. The fourth-order valence-corrected chi connectivity index (χ4v) is 1.50. The van der Waals surface area contributed by atoms with Crippen LogP contribution in [0.4, 0.5) is 5.69 Å². The maximum absolute atomic E-state index is 11.6. The Kier molecular flexibility index (Phi) is 3.06. The number of nitrogens with zero attached hydrogens (tertiary/aromatic N) is 3. The van der Waals surface area contributed by atoms with Gasteiger partial charge in [-0.3, -0.25) is 9.78 Å². The average Bonchev–Trinajstić information content (AvgIpc) is 2.82. The molecule has 2 aromatic rings. The SMILES string of the molecule is O=C(O)c1cncc(NC(=O)c2cnsn2)c1. The monoisotopic (exact) mass is 250 g/mol. The molecule has 1 amide bonds. The lowest BCUT2D eigenvalue weighted by molar-refractivity contribution is 0.0696. The minimum absolute atomic E-state index is 0.000738. The minimum atomic E-state index is -1.11. The van der Waals surface area contributed by atoms with Crippen molar-refractivity contribution in [1.29, 1.82) is 0 Å². The number of carboxylic acids is 1. The minimum Gasteiger partial charge on any atom is -0.478 e. The molecule has 0 spiro atoms. The Morgan fingerprint density at radius 1 is 1.29 bits per heavy atom. The van der Waals surface area contributed by atoms with Crippen molar-refractivity contribution < 1.29 is 14.7 Å². The molecular weight excluding hydrogens is 244 g/mol. The summed E-state index contributed by atoms with van der Waals surface area (Å²) in [7, 11) is 0. The van der Waals surface area contributed by atoms with Gasteiger partial charge in [-0.25, -0.2) is 4.79 Å². The summed E-state index contributed by atoms with van der Waals surface area (Å²) in [4.78, 5) is 26.0. The Balaban J connectivity index is 2.16. The number of pyridine rings is 1. The summed E-state index contributed by atoms with van der Waals surface area (Å²) in [6.45, 7) is 0. The third-order valence-corrected chi connectivity index (χ3v) is 2.32. The Morgan fingerprint density at radius 2 is 2.12 bits per heavy atom. The molecule has 2 rings (SSSR count). The normalized spacial score (nSPS) is 9.88. The van der Waals surface area contributed by atoms with Gasteiger partial charge in [0.15, 0.2) is 5.69 Å². The highest BCUT2D eigenvalue weighted by Gasteiger charge is 2.10. The van der Waals surface area contributed by atoms with Crippen LogP contribution < -0.4 is 5.32 Å². The second-order valence-corrected chi connectivity index (χ2v) is 3.57. The third kappa shape index (κ3) is 2.61. The van der Waals surface area contributed by atoms with Gasteiger partial charge in [0.25, 0.3) is 5.91 Å². The fourth-order valence-electron chi connectivity index (χ4n) is 1.09. The van der Waals surface area contributed by atoms with Crippen LogP contribution >= 0.6 is 11.7 Å². The molecule has 0 aromatic carbocycles. The highest BCUT2D eigenvalue weighted by atomic mass is 32.1. The molecule has 2 N–H and O–H groups in total. The van der Waals surface area contributed by atoms with E-state index in [1.807, 2.05) is 0 Å². The number of nitrogens with one attached hydrogen (secondary N) is 1. The predicted octanol–water partition coefficient (Wildman–Crippen LogP) is 0.884. The van der Waals surface area contributed by atoms with E-state index in [0.717, 1.165) is 11.7 Å². The van der Waals surface area contributed by atoms with Crippen molar-refractivity contribution in [1.82, 2.24) is 13.7 Å². The van der Waals surface area contributed by atoms with Crippen LogP contribution in [0, 0.1) is 0 Å². The van der Waals surface area contributed by atoms with Crippen LogP contribution in [0.15, 0.2) is 24.7 Å². The van der Waals surface area contributed by atoms with Crippen molar-refractivity contribution in [3.63, 3.8) is 0 Å². The smallest absolute Gasteiger partial charge is 0.337 e. The van der Waals surface area contributed by atoms with Crippen molar-refractivity contribution in [2.45, 2.75) is 0 Å². The lowest BCUT2D eigenvalue weighted by Gasteiger charge is -2.02. The molecule has 0 bridgehead atoms. The van der Waals surface area contributed by atoms with E-state index in [9.17, 15) is 9.59 Å². The summed E-state index contributed by atoms with van der Waals surface area (Å²) in [5.41, 5.74) is 0.470. The Bertz CT molecular complexity index is 555. The molecule has 0 aliphatic carbocycles. The molecule has 7 nitrogen and oxygen atoms in total. The number of aromatic nitrogens is 3. The topological polar surface area (TPSA) is 105 Å². The summed E-state index contributed by atoms with van der Waals surface area (Å²) in [5, 5.41) is 11.2. The first-order chi connectivity index (χ1) is 8.16. The zero-order valence-corrected chi connectivity index (χ0v) is 9.14. The zero-order chi connectivity index (χ0) is 12.3. The van der Waals surface area contributed by atoms with E-state index in [0.29, 0.717) is 5.69 Å². The average molecular weight is 250 g/mol. The molecule has 17 heavy (non-hydrogen) atoms. The van der Waals surface area contributed by atoms with Crippen molar-refractivity contribution >= 4 is 29.3 Å². The first kappa shape index (κ1) is 11.1. The molecule has 2 heterocycles. The standard InChI is InChI=1S/C9H6N4O3S/c14-8(7-4-11-17-13-7)12-6-1-5(9(15)16)2-10-3-6/h1-4H,(H,12,14)(H,15,16). The van der Waals surface area contributed by atoms with Gasteiger partial charge in [0, 0.05) is 6.20 Å². The first-order valence-corrected chi connectivity index (χ1v) is 5.17. The van der Waals surface area contributed by atoms with Gasteiger partial charge >= 0.3 is 5.97 Å². The number of carboxylic acid groups (broad SMARTS) is 1. The van der Waals surface area contributed by atoms with E-state index in [1.165, 1.54) is 24.7 Å². The largest absolute Gasteiger partial charge is 0.478 e. The van der Waals surface area contributed by atoms with Gasteiger partial charge in [-0.05, 0) is 6.07 Å². The molecule has 0 saturated heterocycles. The molecule has 0 radical (unpaired) electrons. The van der Waals surface area contributed by atoms with E-state index in [-0.39, 0.29) is 11.3 Å². The van der Waals surface area contributed by atoms with Gasteiger partial charge in [-0.2, -0.15) is 8.75 Å². The summed E-state index contributed by atoms with van der Waals surface area (Å²) in [6.07, 6.45) is 3.88. The van der Waals surface area contributed by atoms with Gasteiger partial charge < -0.3 is 10.4 Å². The number of anilines is 1. The lowest BCUT2D eigenvalue weighted by Crippen LogP contribution is -2.13. The fraction of sp³-hybridized carbons (Fsp3) is 0. The summed E-state index contributed by atoms with van der Waals surface area (Å²) in [5.74, 6) is -1.56. The third-order valence-electron chi connectivity index (χ3n) is 1.84. The highest BCUT2D eigenvalue weighted by molar-refractivity contribution is 6.99. The molecule has 0 unspecified atom stereocenters. The van der Waals surface area contributed by atoms with Gasteiger partial charge in [0.1, 0.15) is 0 Å². The van der Waals surface area contributed by atoms with Gasteiger partial charge in [0.05, 0.1) is 35.4 Å². The zero-order valence-electron chi connectivity index (χ0n) is 8.32. The van der Waals surface area contributed by atoms with Crippen molar-refractivity contribution in [3.8, 4) is 0 Å². The molecule has 0 saturated carbocycles.